The van der Waals surface area contributed by atoms with Crippen LogP contribution >= 0.6 is 0 Å². The summed E-state index contributed by atoms with van der Waals surface area (Å²) in [7, 11) is 3.50. The standard InChI is InChI=1S/C11H21NO3/c1-12(2)11(14)7-8-15-10-5-3-9(13)4-6-10/h9-10,13H,3-8H2,1-2H3. The highest BCUT2D eigenvalue weighted by atomic mass is 16.5. The molecule has 0 aliphatic heterocycles. The first-order chi connectivity index (χ1) is 7.09. The predicted octanol–water partition coefficient (Wildman–Crippen LogP) is 0.785. The normalized spacial score (nSPS) is 26.3. The lowest BCUT2D eigenvalue weighted by Crippen LogP contribution is -2.27. The van der Waals surface area contributed by atoms with Gasteiger partial charge in [0.2, 0.25) is 5.91 Å². The van der Waals surface area contributed by atoms with Crippen molar-refractivity contribution < 1.29 is 14.6 Å². The number of carbonyl (C=O) groups is 1. The summed E-state index contributed by atoms with van der Waals surface area (Å²) in [6.45, 7) is 0.498. The topological polar surface area (TPSA) is 49.8 Å². The smallest absolute Gasteiger partial charge is 0.224 e. The van der Waals surface area contributed by atoms with Gasteiger partial charge in [-0.15, -0.1) is 0 Å². The van der Waals surface area contributed by atoms with Crippen molar-refractivity contribution in [3.8, 4) is 0 Å². The molecule has 88 valence electrons. The van der Waals surface area contributed by atoms with Gasteiger partial charge in [-0.25, -0.2) is 0 Å². The van der Waals surface area contributed by atoms with Gasteiger partial charge in [-0.3, -0.25) is 4.79 Å². The quantitative estimate of drug-likeness (QED) is 0.754. The fourth-order valence-electron chi connectivity index (χ4n) is 1.75. The highest BCUT2D eigenvalue weighted by Gasteiger charge is 2.19. The largest absolute Gasteiger partial charge is 0.393 e. The fraction of sp³-hybridized carbons (Fsp3) is 0.909. The van der Waals surface area contributed by atoms with Crippen LogP contribution in [0, 0.1) is 0 Å². The van der Waals surface area contributed by atoms with Crippen LogP contribution in [0.2, 0.25) is 0 Å². The second-order valence-corrected chi connectivity index (χ2v) is 4.34. The molecule has 4 heteroatoms. The van der Waals surface area contributed by atoms with Gasteiger partial charge in [-0.2, -0.15) is 0 Å². The van der Waals surface area contributed by atoms with Crippen molar-refractivity contribution in [3.63, 3.8) is 0 Å². The first kappa shape index (κ1) is 12.5. The average molecular weight is 215 g/mol. The molecular formula is C11H21NO3. The van der Waals surface area contributed by atoms with Gasteiger partial charge in [-0.1, -0.05) is 0 Å². The van der Waals surface area contributed by atoms with E-state index in [1.165, 1.54) is 0 Å². The van der Waals surface area contributed by atoms with E-state index in [0.29, 0.717) is 13.0 Å². The Balaban J connectivity index is 2.08. The van der Waals surface area contributed by atoms with Crippen molar-refractivity contribution in [2.45, 2.75) is 44.3 Å². The van der Waals surface area contributed by atoms with Crippen LogP contribution in [0.1, 0.15) is 32.1 Å². The highest BCUT2D eigenvalue weighted by Crippen LogP contribution is 2.20. The van der Waals surface area contributed by atoms with E-state index < -0.39 is 0 Å². The third-order valence-electron chi connectivity index (χ3n) is 2.81. The molecule has 0 aromatic carbocycles. The molecule has 0 saturated heterocycles. The van der Waals surface area contributed by atoms with E-state index >= 15 is 0 Å². The molecule has 1 saturated carbocycles. The van der Waals surface area contributed by atoms with Crippen LogP contribution < -0.4 is 0 Å². The number of hydrogen-bond donors (Lipinski definition) is 1. The Morgan fingerprint density at radius 3 is 2.47 bits per heavy atom. The first-order valence-corrected chi connectivity index (χ1v) is 5.59. The molecule has 15 heavy (non-hydrogen) atoms. The second kappa shape index (κ2) is 6.08. The molecule has 1 aliphatic rings. The maximum Gasteiger partial charge on any atom is 0.224 e. The van der Waals surface area contributed by atoms with Crippen molar-refractivity contribution in [2.24, 2.45) is 0 Å². The van der Waals surface area contributed by atoms with Crippen molar-refractivity contribution in [3.05, 3.63) is 0 Å². The molecule has 0 unspecified atom stereocenters. The molecule has 1 N–H and O–H groups in total. The number of nitrogens with zero attached hydrogens (tertiary/aromatic N) is 1. The van der Waals surface area contributed by atoms with Gasteiger partial charge in [0.15, 0.2) is 0 Å². The Kier molecular flexibility index (Phi) is 5.05. The summed E-state index contributed by atoms with van der Waals surface area (Å²) < 4.78 is 5.59. The zero-order valence-electron chi connectivity index (χ0n) is 9.61. The molecule has 0 atom stereocenters. The number of carbonyl (C=O) groups excluding carboxylic acids is 1. The Labute approximate surface area is 91.2 Å². The van der Waals surface area contributed by atoms with Crippen molar-refractivity contribution in [1.82, 2.24) is 4.90 Å². The maximum atomic E-state index is 11.2. The van der Waals surface area contributed by atoms with Crippen LogP contribution in [-0.4, -0.2) is 48.8 Å². The van der Waals surface area contributed by atoms with Crippen LogP contribution in [0.3, 0.4) is 0 Å². The van der Waals surface area contributed by atoms with E-state index in [-0.39, 0.29) is 18.1 Å². The molecule has 4 nitrogen and oxygen atoms in total. The number of rotatable bonds is 4. The summed E-state index contributed by atoms with van der Waals surface area (Å²) in [5, 5.41) is 9.30. The predicted molar refractivity (Wildman–Crippen MR) is 57.5 cm³/mol. The van der Waals surface area contributed by atoms with Gasteiger partial charge in [-0.05, 0) is 25.7 Å². The molecule has 0 heterocycles. The SMILES string of the molecule is CN(C)C(=O)CCOC1CCC(O)CC1. The Morgan fingerprint density at radius 1 is 1.33 bits per heavy atom. The number of ether oxygens (including phenoxy) is 1. The van der Waals surface area contributed by atoms with Crippen molar-refractivity contribution in [1.29, 1.82) is 0 Å². The van der Waals surface area contributed by atoms with Crippen LogP contribution in [-0.2, 0) is 9.53 Å². The Hall–Kier alpha value is -0.610. The minimum atomic E-state index is -0.145. The summed E-state index contributed by atoms with van der Waals surface area (Å²) in [6.07, 6.45) is 4.02. The Bertz CT molecular complexity index is 198. The first-order valence-electron chi connectivity index (χ1n) is 5.59. The van der Waals surface area contributed by atoms with E-state index in [4.69, 9.17) is 4.74 Å². The molecule has 0 bridgehead atoms. The molecule has 0 aromatic rings. The minimum absolute atomic E-state index is 0.103. The number of aliphatic hydroxyl groups excluding tert-OH is 1. The lowest BCUT2D eigenvalue weighted by molar-refractivity contribution is -0.130. The van der Waals surface area contributed by atoms with Crippen LogP contribution in [0.5, 0.6) is 0 Å². The minimum Gasteiger partial charge on any atom is -0.393 e. The molecule has 0 radical (unpaired) electrons. The van der Waals surface area contributed by atoms with Crippen molar-refractivity contribution in [2.75, 3.05) is 20.7 Å². The molecule has 1 fully saturated rings. The fourth-order valence-corrected chi connectivity index (χ4v) is 1.75. The second-order valence-electron chi connectivity index (χ2n) is 4.34. The molecule has 0 spiro atoms. The summed E-state index contributed by atoms with van der Waals surface area (Å²) in [5.41, 5.74) is 0. The summed E-state index contributed by atoms with van der Waals surface area (Å²) in [5.74, 6) is 0.103. The van der Waals surface area contributed by atoms with Crippen LogP contribution in [0.25, 0.3) is 0 Å². The summed E-state index contributed by atoms with van der Waals surface area (Å²) in [6, 6.07) is 0. The number of aliphatic hydroxyl groups is 1. The van der Waals surface area contributed by atoms with E-state index in [1.807, 2.05) is 0 Å². The van der Waals surface area contributed by atoms with Crippen molar-refractivity contribution >= 4 is 5.91 Å². The summed E-state index contributed by atoms with van der Waals surface area (Å²) in [4.78, 5) is 12.8. The molecule has 1 amide bonds. The molecule has 1 aliphatic carbocycles. The lowest BCUT2D eigenvalue weighted by atomic mass is 9.95. The monoisotopic (exact) mass is 215 g/mol. The van der Waals surface area contributed by atoms with Gasteiger partial charge in [0.05, 0.1) is 25.2 Å². The van der Waals surface area contributed by atoms with Gasteiger partial charge in [0.1, 0.15) is 0 Å². The Morgan fingerprint density at radius 2 is 1.93 bits per heavy atom. The van der Waals surface area contributed by atoms with Gasteiger partial charge in [0.25, 0.3) is 0 Å². The number of amides is 1. The van der Waals surface area contributed by atoms with E-state index in [1.54, 1.807) is 19.0 Å². The molecule has 1 rings (SSSR count). The lowest BCUT2D eigenvalue weighted by Gasteiger charge is -2.25. The van der Waals surface area contributed by atoms with Gasteiger partial charge in [0, 0.05) is 14.1 Å². The van der Waals surface area contributed by atoms with E-state index in [0.717, 1.165) is 25.7 Å². The van der Waals surface area contributed by atoms with Gasteiger partial charge >= 0.3 is 0 Å². The third kappa shape index (κ3) is 4.62. The zero-order valence-corrected chi connectivity index (χ0v) is 9.61. The highest BCUT2D eigenvalue weighted by molar-refractivity contribution is 5.75. The third-order valence-corrected chi connectivity index (χ3v) is 2.81. The maximum absolute atomic E-state index is 11.2. The number of hydrogen-bond acceptors (Lipinski definition) is 3. The average Bonchev–Trinajstić information content (AvgIpc) is 2.20. The van der Waals surface area contributed by atoms with E-state index in [9.17, 15) is 9.90 Å². The van der Waals surface area contributed by atoms with Gasteiger partial charge < -0.3 is 14.7 Å². The summed E-state index contributed by atoms with van der Waals surface area (Å²) >= 11 is 0. The van der Waals surface area contributed by atoms with Crippen LogP contribution in [0.4, 0.5) is 0 Å². The molecule has 0 aromatic heterocycles. The van der Waals surface area contributed by atoms with Crippen LogP contribution in [0.15, 0.2) is 0 Å². The zero-order chi connectivity index (χ0) is 11.3. The molecular weight excluding hydrogens is 194 g/mol. The van der Waals surface area contributed by atoms with E-state index in [2.05, 4.69) is 0 Å².